The number of anilines is 2. The van der Waals surface area contributed by atoms with Crippen LogP contribution in [-0.2, 0) is 14.2 Å². The van der Waals surface area contributed by atoms with Crippen molar-refractivity contribution in [2.75, 3.05) is 44.0 Å². The van der Waals surface area contributed by atoms with Crippen molar-refractivity contribution in [2.24, 2.45) is 10.7 Å². The molecule has 0 bridgehead atoms. The van der Waals surface area contributed by atoms with Gasteiger partial charge >= 0.3 is 6.09 Å². The topological polar surface area (TPSA) is 136 Å². The Labute approximate surface area is 172 Å². The van der Waals surface area contributed by atoms with Gasteiger partial charge < -0.3 is 30.6 Å². The molecule has 29 heavy (non-hydrogen) atoms. The van der Waals surface area contributed by atoms with Crippen LogP contribution in [0, 0.1) is 0 Å². The summed E-state index contributed by atoms with van der Waals surface area (Å²) in [7, 11) is 1.63. The molecule has 3 fully saturated rings. The van der Waals surface area contributed by atoms with E-state index >= 15 is 0 Å². The van der Waals surface area contributed by atoms with Gasteiger partial charge in [0.25, 0.3) is 0 Å². The van der Waals surface area contributed by atoms with Crippen LogP contribution in [0.3, 0.4) is 0 Å². The maximum absolute atomic E-state index is 11.9. The fraction of sp³-hybridized carbons (Fsp3) is 0.529. The van der Waals surface area contributed by atoms with Crippen molar-refractivity contribution in [3.8, 4) is 0 Å². The van der Waals surface area contributed by atoms with Gasteiger partial charge in [-0.15, -0.1) is 0 Å². The van der Waals surface area contributed by atoms with Crippen LogP contribution < -0.4 is 16.4 Å². The lowest BCUT2D eigenvalue weighted by Gasteiger charge is -2.24. The van der Waals surface area contributed by atoms with Gasteiger partial charge in [-0.3, -0.25) is 9.89 Å². The second-order valence-corrected chi connectivity index (χ2v) is 7.15. The number of nitrogens with two attached hydrogens (primary N) is 1. The van der Waals surface area contributed by atoms with Crippen molar-refractivity contribution in [1.82, 2.24) is 14.9 Å². The van der Waals surface area contributed by atoms with Crippen LogP contribution in [0.15, 0.2) is 23.1 Å². The van der Waals surface area contributed by atoms with Gasteiger partial charge in [0.05, 0.1) is 43.7 Å². The van der Waals surface area contributed by atoms with Gasteiger partial charge in [-0.1, -0.05) is 11.6 Å². The predicted molar refractivity (Wildman–Crippen MR) is 106 cm³/mol. The second-order valence-electron chi connectivity index (χ2n) is 6.75. The summed E-state index contributed by atoms with van der Waals surface area (Å²) >= 11 is 6.27. The molecule has 4 heterocycles. The summed E-state index contributed by atoms with van der Waals surface area (Å²) in [6.07, 6.45) is 3.61. The average Bonchev–Trinajstić information content (AvgIpc) is 3.41. The van der Waals surface area contributed by atoms with E-state index in [1.54, 1.807) is 18.2 Å². The highest BCUT2D eigenvalue weighted by molar-refractivity contribution is 6.32. The molecule has 0 spiro atoms. The highest BCUT2D eigenvalue weighted by atomic mass is 35.5. The summed E-state index contributed by atoms with van der Waals surface area (Å²) in [4.78, 5) is 26.0. The first-order valence-electron chi connectivity index (χ1n) is 9.17. The molecule has 1 aromatic rings. The van der Waals surface area contributed by atoms with Crippen LogP contribution in [-0.4, -0.2) is 84.9 Å². The Bertz CT molecular complexity index is 836. The molecule has 0 aromatic carbocycles. The van der Waals surface area contributed by atoms with Gasteiger partial charge in [0.1, 0.15) is 23.8 Å². The molecule has 0 aliphatic carbocycles. The monoisotopic (exact) mass is 423 g/mol. The molecule has 4 atom stereocenters. The van der Waals surface area contributed by atoms with Crippen molar-refractivity contribution in [3.63, 3.8) is 0 Å². The number of hydrogen-bond acceptors (Lipinski definition) is 10. The first-order valence-corrected chi connectivity index (χ1v) is 9.55. The van der Waals surface area contributed by atoms with Crippen molar-refractivity contribution in [3.05, 3.63) is 23.1 Å². The normalized spacial score (nSPS) is 29.4. The summed E-state index contributed by atoms with van der Waals surface area (Å²) in [5, 5.41) is 6.60. The lowest BCUT2D eigenvalue weighted by molar-refractivity contribution is 0.0518. The van der Waals surface area contributed by atoms with E-state index in [-0.39, 0.29) is 30.4 Å². The smallest absolute Gasteiger partial charge is 0.410 e. The van der Waals surface area contributed by atoms with Gasteiger partial charge in [-0.25, -0.2) is 9.78 Å². The highest BCUT2D eigenvalue weighted by Crippen LogP contribution is 2.33. The predicted octanol–water partition coefficient (Wildman–Crippen LogP) is 0.442. The van der Waals surface area contributed by atoms with E-state index < -0.39 is 0 Å². The lowest BCUT2D eigenvalue weighted by atomic mass is 10.1. The van der Waals surface area contributed by atoms with E-state index in [0.29, 0.717) is 48.9 Å². The van der Waals surface area contributed by atoms with E-state index in [0.717, 1.165) is 0 Å². The van der Waals surface area contributed by atoms with Crippen LogP contribution in [0.5, 0.6) is 0 Å². The number of fused-ring (bicyclic) bond motifs is 1. The molecule has 1 aromatic heterocycles. The van der Waals surface area contributed by atoms with Crippen molar-refractivity contribution >= 4 is 35.7 Å². The number of aliphatic imine (C=N–C) groups is 1. The SMILES string of the molecule is CN=CC(=CN)Nc1ncc(Cl)c(NC2COC3C2OCC3N2CCOC2=O)n1. The molecule has 12 heteroatoms. The van der Waals surface area contributed by atoms with E-state index in [1.165, 1.54) is 12.4 Å². The zero-order chi connectivity index (χ0) is 20.4. The van der Waals surface area contributed by atoms with E-state index in [4.69, 9.17) is 31.5 Å². The standard InChI is InChI=1S/C17H22ClN7O4/c1-20-5-9(4-19)22-16-21-6-10(18)15(24-16)23-11-7-28-14-12(8-29-13(11)14)25-2-3-27-17(25)26/h4-6,11-14H,2-3,7-8,19H2,1H3,(H2,21,22,23,24). The lowest BCUT2D eigenvalue weighted by Crippen LogP contribution is -2.45. The van der Waals surface area contributed by atoms with Gasteiger partial charge in [0, 0.05) is 19.5 Å². The van der Waals surface area contributed by atoms with Crippen LogP contribution >= 0.6 is 11.6 Å². The van der Waals surface area contributed by atoms with Gasteiger partial charge in [-0.05, 0) is 0 Å². The summed E-state index contributed by atoms with van der Waals surface area (Å²) in [6.45, 7) is 1.73. The number of nitrogens with zero attached hydrogens (tertiary/aromatic N) is 4. The number of amides is 1. The minimum absolute atomic E-state index is 0.162. The molecule has 1 amide bonds. The highest BCUT2D eigenvalue weighted by Gasteiger charge is 2.51. The van der Waals surface area contributed by atoms with Crippen molar-refractivity contribution < 1.29 is 19.0 Å². The third kappa shape index (κ3) is 3.93. The fourth-order valence-corrected chi connectivity index (χ4v) is 3.81. The number of aromatic nitrogens is 2. The zero-order valence-electron chi connectivity index (χ0n) is 15.7. The molecular weight excluding hydrogens is 402 g/mol. The molecule has 156 valence electrons. The summed E-state index contributed by atoms with van der Waals surface area (Å²) in [6, 6.07) is -0.337. The van der Waals surface area contributed by atoms with E-state index in [9.17, 15) is 4.79 Å². The number of rotatable bonds is 6. The van der Waals surface area contributed by atoms with Crippen LogP contribution in [0.1, 0.15) is 0 Å². The molecular formula is C17H22ClN7O4. The van der Waals surface area contributed by atoms with Crippen LogP contribution in [0.4, 0.5) is 16.6 Å². The Kier molecular flexibility index (Phi) is 5.69. The van der Waals surface area contributed by atoms with Gasteiger partial charge in [0.15, 0.2) is 5.82 Å². The molecule has 4 N–H and O–H groups in total. The maximum atomic E-state index is 11.9. The quantitative estimate of drug-likeness (QED) is 0.556. The number of allylic oxidation sites excluding steroid dienone is 1. The number of carbonyl (C=O) groups excluding carboxylic acids is 1. The number of ether oxygens (including phenoxy) is 3. The fourth-order valence-electron chi connectivity index (χ4n) is 3.67. The second kappa shape index (κ2) is 8.39. The van der Waals surface area contributed by atoms with Crippen molar-refractivity contribution in [1.29, 1.82) is 0 Å². The first-order chi connectivity index (χ1) is 14.1. The van der Waals surface area contributed by atoms with Crippen LogP contribution in [0.25, 0.3) is 0 Å². The Morgan fingerprint density at radius 3 is 2.97 bits per heavy atom. The average molecular weight is 424 g/mol. The molecule has 3 aliphatic heterocycles. The maximum Gasteiger partial charge on any atom is 0.410 e. The molecule has 3 aliphatic rings. The molecule has 4 unspecified atom stereocenters. The summed E-state index contributed by atoms with van der Waals surface area (Å²) in [5.74, 6) is 0.754. The minimum atomic E-state index is -0.326. The number of carbonyl (C=O) groups is 1. The minimum Gasteiger partial charge on any atom is -0.448 e. The zero-order valence-corrected chi connectivity index (χ0v) is 16.5. The Balaban J connectivity index is 1.45. The van der Waals surface area contributed by atoms with Crippen molar-refractivity contribution in [2.45, 2.75) is 24.3 Å². The third-order valence-corrected chi connectivity index (χ3v) is 5.27. The van der Waals surface area contributed by atoms with Crippen LogP contribution in [0.2, 0.25) is 5.02 Å². The number of nitrogens with one attached hydrogen (secondary N) is 2. The first kappa shape index (κ1) is 19.7. The van der Waals surface area contributed by atoms with Gasteiger partial charge in [-0.2, -0.15) is 4.98 Å². The molecule has 3 saturated heterocycles. The third-order valence-electron chi connectivity index (χ3n) is 4.99. The number of cyclic esters (lactones) is 1. The Morgan fingerprint density at radius 1 is 1.41 bits per heavy atom. The van der Waals surface area contributed by atoms with Gasteiger partial charge in [0.2, 0.25) is 5.95 Å². The summed E-state index contributed by atoms with van der Waals surface area (Å²) < 4.78 is 16.9. The Hall–Kier alpha value is -2.63. The van der Waals surface area contributed by atoms with E-state index in [1.807, 2.05) is 0 Å². The molecule has 11 nitrogen and oxygen atoms in total. The largest absolute Gasteiger partial charge is 0.448 e. The number of hydrogen-bond donors (Lipinski definition) is 3. The molecule has 0 saturated carbocycles. The Morgan fingerprint density at radius 2 is 2.24 bits per heavy atom. The summed E-state index contributed by atoms with van der Waals surface area (Å²) in [5.41, 5.74) is 6.10. The van der Waals surface area contributed by atoms with E-state index in [2.05, 4.69) is 25.6 Å². The molecule has 4 rings (SSSR count). The number of halogens is 1. The molecule has 0 radical (unpaired) electrons.